The molecule has 14 heteroatoms. The fourth-order valence-corrected chi connectivity index (χ4v) is 6.82. The molecule has 5 aromatic carbocycles. The number of hydrogen-bond donors (Lipinski definition) is 0. The van der Waals surface area contributed by atoms with E-state index in [9.17, 15) is 65.0 Å². The first-order chi connectivity index (χ1) is 25.5. The first-order valence-electron chi connectivity index (χ1n) is 15.2. The Morgan fingerprint density at radius 3 is 1.06 bits per heavy atom. The van der Waals surface area contributed by atoms with E-state index in [1.807, 2.05) is 0 Å². The lowest BCUT2D eigenvalue weighted by atomic mass is 9.92. The van der Waals surface area contributed by atoms with Crippen LogP contribution in [0.3, 0.4) is 0 Å². The minimum absolute atomic E-state index is 0.00112. The highest BCUT2D eigenvalue weighted by atomic mass is 19.4. The van der Waals surface area contributed by atoms with Crippen LogP contribution in [-0.4, -0.2) is 0 Å². The molecule has 262 valence electrons. The topological polar surface area (TPSA) is 95.2 Å². The highest BCUT2D eigenvalue weighted by Gasteiger charge is 2.38. The molecule has 0 atom stereocenters. The molecule has 7 rings (SSSR count). The summed E-state index contributed by atoms with van der Waals surface area (Å²) < 4.78 is 138. The van der Waals surface area contributed by atoms with Crippen molar-refractivity contribution in [2.45, 2.75) is 12.4 Å². The number of hydrogen-bond acceptors (Lipinski definition) is 4. The number of rotatable bonds is 2. The van der Waals surface area contributed by atoms with Gasteiger partial charge >= 0.3 is 12.4 Å². The van der Waals surface area contributed by atoms with Crippen molar-refractivity contribution in [2.75, 3.05) is 0 Å². The van der Waals surface area contributed by atoms with E-state index in [1.54, 1.807) is 30.3 Å². The highest BCUT2D eigenvalue weighted by molar-refractivity contribution is 6.11. The first kappa shape index (κ1) is 35.3. The molecule has 4 nitrogen and oxygen atoms in total. The van der Waals surface area contributed by atoms with Crippen LogP contribution in [0.25, 0.3) is 55.7 Å². The lowest BCUT2D eigenvalue weighted by Gasteiger charge is -2.13. The van der Waals surface area contributed by atoms with Crippen LogP contribution < -0.4 is 0 Å². The average Bonchev–Trinajstić information content (AvgIpc) is 3.61. The molecule has 0 aliphatic heterocycles. The van der Waals surface area contributed by atoms with Crippen molar-refractivity contribution in [1.82, 2.24) is 0 Å². The van der Waals surface area contributed by atoms with Crippen LogP contribution in [0.15, 0.2) is 83.9 Å². The molecule has 0 aromatic heterocycles. The van der Waals surface area contributed by atoms with E-state index in [1.165, 1.54) is 42.5 Å². The number of allylic oxidation sites excluding steroid dienone is 2. The van der Waals surface area contributed by atoms with Gasteiger partial charge in [0.05, 0.1) is 11.1 Å². The number of benzene rings is 5. The van der Waals surface area contributed by atoms with Crippen molar-refractivity contribution in [2.24, 2.45) is 0 Å². The Morgan fingerprint density at radius 2 is 0.722 bits per heavy atom. The van der Waals surface area contributed by atoms with Crippen LogP contribution in [0.5, 0.6) is 0 Å². The zero-order chi connectivity index (χ0) is 39.0. The van der Waals surface area contributed by atoms with Crippen molar-refractivity contribution >= 4 is 11.1 Å². The van der Waals surface area contributed by atoms with Crippen molar-refractivity contribution in [3.05, 3.63) is 141 Å². The Bertz CT molecular complexity index is 2560. The standard InChI is InChI=1S/C40H12F10N4/c41-33-9-19(7-31(37(33)43)39(45,46)47)17-1-3-23-25-11-26-24-4-2-18(20-8-32(40(48,49)50)38(44)34(42)10-20)6-28(24)36(22(15-53)16-54)30(26)12-29(25)35(27(23)5-17)21(13-51)14-52/h1-12H. The molecule has 54 heavy (non-hydrogen) atoms. The van der Waals surface area contributed by atoms with Crippen molar-refractivity contribution in [1.29, 1.82) is 21.0 Å². The van der Waals surface area contributed by atoms with Gasteiger partial charge in [-0.25, -0.2) is 17.6 Å². The fraction of sp³-hybridized carbons (Fsp3) is 0.0500. The van der Waals surface area contributed by atoms with Gasteiger partial charge in [-0.2, -0.15) is 47.4 Å². The van der Waals surface area contributed by atoms with Gasteiger partial charge in [0.1, 0.15) is 35.4 Å². The number of alkyl halides is 6. The zero-order valence-corrected chi connectivity index (χ0v) is 26.5. The molecule has 2 aliphatic rings. The molecule has 0 N–H and O–H groups in total. The maximum atomic E-state index is 14.4. The Hall–Kier alpha value is -7.16. The fourth-order valence-electron chi connectivity index (χ4n) is 6.82. The third kappa shape index (κ3) is 5.36. The first-order valence-corrected chi connectivity index (χ1v) is 15.2. The van der Waals surface area contributed by atoms with Gasteiger partial charge in [0, 0.05) is 11.1 Å². The number of nitriles is 4. The molecule has 0 saturated heterocycles. The maximum Gasteiger partial charge on any atom is 0.419 e. The molecule has 0 radical (unpaired) electrons. The van der Waals surface area contributed by atoms with Crippen LogP contribution in [0.2, 0.25) is 0 Å². The summed E-state index contributed by atoms with van der Waals surface area (Å²) in [6, 6.07) is 20.3. The predicted molar refractivity (Wildman–Crippen MR) is 173 cm³/mol. The summed E-state index contributed by atoms with van der Waals surface area (Å²) in [4.78, 5) is 0. The molecular weight excluding hydrogens is 726 g/mol. The number of nitrogens with zero attached hydrogens (tertiary/aromatic N) is 4. The van der Waals surface area contributed by atoms with Crippen LogP contribution in [0, 0.1) is 68.6 Å². The van der Waals surface area contributed by atoms with Gasteiger partial charge in [-0.05, 0) is 115 Å². The van der Waals surface area contributed by atoms with E-state index < -0.39 is 57.9 Å². The summed E-state index contributed by atoms with van der Waals surface area (Å²) in [6.07, 6.45) is -10.5. The minimum Gasteiger partial charge on any atom is -0.204 e. The minimum atomic E-state index is -5.23. The van der Waals surface area contributed by atoms with E-state index in [-0.39, 0.29) is 55.7 Å². The van der Waals surface area contributed by atoms with Gasteiger partial charge in [-0.15, -0.1) is 0 Å². The average molecular weight is 739 g/mol. The van der Waals surface area contributed by atoms with Gasteiger partial charge in [0.15, 0.2) is 23.3 Å². The van der Waals surface area contributed by atoms with Gasteiger partial charge in [0.25, 0.3) is 0 Å². The highest BCUT2D eigenvalue weighted by Crippen LogP contribution is 2.54. The Morgan fingerprint density at radius 1 is 0.389 bits per heavy atom. The molecule has 0 amide bonds. The van der Waals surface area contributed by atoms with E-state index >= 15 is 0 Å². The molecule has 0 heterocycles. The Balaban J connectivity index is 1.46. The molecule has 2 aliphatic carbocycles. The van der Waals surface area contributed by atoms with Gasteiger partial charge in [-0.3, -0.25) is 0 Å². The van der Waals surface area contributed by atoms with Crippen LogP contribution in [-0.2, 0) is 12.4 Å². The summed E-state index contributed by atoms with van der Waals surface area (Å²) in [6.45, 7) is 0. The van der Waals surface area contributed by atoms with Gasteiger partial charge in [0.2, 0.25) is 0 Å². The largest absolute Gasteiger partial charge is 0.419 e. The summed E-state index contributed by atoms with van der Waals surface area (Å²) in [5.74, 6) is -7.70. The summed E-state index contributed by atoms with van der Waals surface area (Å²) in [5.41, 5.74) is -3.06. The van der Waals surface area contributed by atoms with E-state index in [0.29, 0.717) is 46.5 Å². The summed E-state index contributed by atoms with van der Waals surface area (Å²) in [7, 11) is 0. The van der Waals surface area contributed by atoms with Crippen molar-refractivity contribution < 1.29 is 43.9 Å². The maximum absolute atomic E-state index is 14.4. The number of fused-ring (bicyclic) bond motifs is 6. The quantitative estimate of drug-likeness (QED) is 0.130. The van der Waals surface area contributed by atoms with Crippen molar-refractivity contribution in [3.63, 3.8) is 0 Å². The van der Waals surface area contributed by atoms with Gasteiger partial charge in [-0.1, -0.05) is 24.3 Å². The third-order valence-corrected chi connectivity index (χ3v) is 9.14. The summed E-state index contributed by atoms with van der Waals surface area (Å²) >= 11 is 0. The van der Waals surface area contributed by atoms with Gasteiger partial charge < -0.3 is 0 Å². The zero-order valence-electron chi connectivity index (χ0n) is 26.5. The van der Waals surface area contributed by atoms with Crippen LogP contribution >= 0.6 is 0 Å². The molecule has 0 saturated carbocycles. The molecule has 0 fully saturated rings. The second kappa shape index (κ2) is 12.2. The normalized spacial score (nSPS) is 12.5. The second-order valence-electron chi connectivity index (χ2n) is 12.0. The van der Waals surface area contributed by atoms with Crippen LogP contribution in [0.4, 0.5) is 43.9 Å². The monoisotopic (exact) mass is 738 g/mol. The lowest BCUT2D eigenvalue weighted by molar-refractivity contribution is -0.141. The molecule has 0 unspecified atom stereocenters. The molecule has 0 bridgehead atoms. The molecular formula is C40H12F10N4. The lowest BCUT2D eigenvalue weighted by Crippen LogP contribution is -2.10. The second-order valence-corrected chi connectivity index (χ2v) is 12.0. The van der Waals surface area contributed by atoms with Crippen molar-refractivity contribution in [3.8, 4) is 68.8 Å². The third-order valence-electron chi connectivity index (χ3n) is 9.14. The summed E-state index contributed by atoms with van der Waals surface area (Å²) in [5, 5.41) is 39.8. The predicted octanol–water partition coefficient (Wildman–Crippen LogP) is 11.3. The van der Waals surface area contributed by atoms with E-state index in [4.69, 9.17) is 0 Å². The Labute approximate surface area is 297 Å². The Kier molecular flexibility index (Phi) is 7.98. The SMILES string of the molecule is N#CC(C#N)=C1c2cc(-c3cc(F)c(F)c(C(F)(F)F)c3)ccc2-c2cc3c(cc21)C(=C(C#N)C#N)c1cc(-c2cc(F)c(F)c(C(F)(F)F)c2)ccc1-3. The molecule has 5 aromatic rings. The van der Waals surface area contributed by atoms with E-state index in [0.717, 1.165) is 0 Å². The van der Waals surface area contributed by atoms with E-state index in [2.05, 4.69) is 0 Å². The number of halogens is 10. The van der Waals surface area contributed by atoms with Crippen LogP contribution in [0.1, 0.15) is 33.4 Å². The smallest absolute Gasteiger partial charge is 0.204 e. The molecule has 0 spiro atoms.